The minimum absolute atomic E-state index is 0.00118. The molecule has 25 heavy (non-hydrogen) atoms. The number of aryl methyl sites for hydroxylation is 1. The van der Waals surface area contributed by atoms with Crippen LogP contribution in [-0.4, -0.2) is 49.3 Å². The molecule has 1 aliphatic carbocycles. The Balaban J connectivity index is 2.37. The van der Waals surface area contributed by atoms with Gasteiger partial charge in [-0.05, 0) is 37.5 Å². The molecule has 0 saturated heterocycles. The van der Waals surface area contributed by atoms with Crippen molar-refractivity contribution < 1.29 is 23.1 Å². The van der Waals surface area contributed by atoms with Gasteiger partial charge in [-0.25, -0.2) is 17.5 Å². The lowest BCUT2D eigenvalue weighted by molar-refractivity contribution is -0.145. The van der Waals surface area contributed by atoms with Gasteiger partial charge in [-0.15, -0.1) is 0 Å². The molecule has 0 heterocycles. The van der Waals surface area contributed by atoms with Gasteiger partial charge in [0.1, 0.15) is 5.54 Å². The molecule has 1 fully saturated rings. The summed E-state index contributed by atoms with van der Waals surface area (Å²) in [5.74, 6) is -1.60. The zero-order chi connectivity index (χ0) is 18.8. The van der Waals surface area contributed by atoms with Crippen LogP contribution in [0, 0.1) is 6.92 Å². The number of nitrogens with one attached hydrogen (secondary N) is 1. The van der Waals surface area contributed by atoms with Crippen LogP contribution < -0.4 is 5.32 Å². The van der Waals surface area contributed by atoms with Gasteiger partial charge in [0.05, 0.1) is 4.90 Å². The van der Waals surface area contributed by atoms with Gasteiger partial charge in [-0.2, -0.15) is 0 Å². The fourth-order valence-corrected chi connectivity index (χ4v) is 3.98. The lowest BCUT2D eigenvalue weighted by atomic mass is 9.81. The second-order valence-electron chi connectivity index (χ2n) is 6.67. The molecule has 0 aromatic heterocycles. The molecule has 2 rings (SSSR count). The van der Waals surface area contributed by atoms with Gasteiger partial charge in [0, 0.05) is 19.7 Å². The molecular weight excluding hydrogens is 344 g/mol. The highest BCUT2D eigenvalue weighted by atomic mass is 32.2. The van der Waals surface area contributed by atoms with E-state index in [4.69, 9.17) is 0 Å². The van der Waals surface area contributed by atoms with E-state index < -0.39 is 27.4 Å². The zero-order valence-electron chi connectivity index (χ0n) is 14.7. The van der Waals surface area contributed by atoms with Crippen molar-refractivity contribution in [1.29, 1.82) is 0 Å². The summed E-state index contributed by atoms with van der Waals surface area (Å²) < 4.78 is 25.6. The van der Waals surface area contributed by atoms with Crippen LogP contribution in [0.1, 0.15) is 48.0 Å². The van der Waals surface area contributed by atoms with E-state index in [1.807, 2.05) is 0 Å². The summed E-state index contributed by atoms with van der Waals surface area (Å²) in [7, 11) is -0.851. The molecule has 0 radical (unpaired) electrons. The van der Waals surface area contributed by atoms with Crippen LogP contribution in [0.25, 0.3) is 0 Å². The van der Waals surface area contributed by atoms with E-state index in [1.54, 1.807) is 13.0 Å². The van der Waals surface area contributed by atoms with Crippen LogP contribution in [0.3, 0.4) is 0 Å². The Morgan fingerprint density at radius 1 is 1.16 bits per heavy atom. The molecule has 1 aromatic rings. The van der Waals surface area contributed by atoms with Gasteiger partial charge in [0.25, 0.3) is 5.91 Å². The Bertz CT molecular complexity index is 780. The van der Waals surface area contributed by atoms with Gasteiger partial charge < -0.3 is 10.4 Å². The zero-order valence-corrected chi connectivity index (χ0v) is 15.5. The van der Waals surface area contributed by atoms with Crippen molar-refractivity contribution in [2.45, 2.75) is 49.5 Å². The van der Waals surface area contributed by atoms with Crippen molar-refractivity contribution in [3.63, 3.8) is 0 Å². The Hall–Kier alpha value is -1.93. The summed E-state index contributed by atoms with van der Waals surface area (Å²) in [5, 5.41) is 12.2. The third-order valence-electron chi connectivity index (χ3n) is 4.70. The van der Waals surface area contributed by atoms with Gasteiger partial charge >= 0.3 is 5.97 Å². The van der Waals surface area contributed by atoms with Crippen LogP contribution in [-0.2, 0) is 14.8 Å². The summed E-state index contributed by atoms with van der Waals surface area (Å²) in [4.78, 5) is 24.4. The lowest BCUT2D eigenvalue weighted by Gasteiger charge is -2.34. The molecule has 0 aliphatic heterocycles. The summed E-state index contributed by atoms with van der Waals surface area (Å²) in [6.45, 7) is 1.69. The molecule has 2 N–H and O–H groups in total. The number of benzene rings is 1. The van der Waals surface area contributed by atoms with Crippen LogP contribution in [0.5, 0.6) is 0 Å². The number of nitrogens with zero attached hydrogens (tertiary/aromatic N) is 1. The molecule has 7 nitrogen and oxygen atoms in total. The van der Waals surface area contributed by atoms with Gasteiger partial charge in [0.2, 0.25) is 10.0 Å². The summed E-state index contributed by atoms with van der Waals surface area (Å²) in [6.07, 6.45) is 3.17. The summed E-state index contributed by atoms with van der Waals surface area (Å²) >= 11 is 0. The van der Waals surface area contributed by atoms with Crippen molar-refractivity contribution in [3.05, 3.63) is 29.3 Å². The lowest BCUT2D eigenvalue weighted by Crippen LogP contribution is -2.55. The van der Waals surface area contributed by atoms with Gasteiger partial charge in [-0.3, -0.25) is 4.79 Å². The number of carboxylic acids is 1. The van der Waals surface area contributed by atoms with Crippen molar-refractivity contribution in [2.24, 2.45) is 0 Å². The highest BCUT2D eigenvalue weighted by molar-refractivity contribution is 7.89. The number of carboxylic acid groups (broad SMARTS) is 1. The maximum Gasteiger partial charge on any atom is 0.329 e. The first-order valence-electron chi connectivity index (χ1n) is 8.19. The largest absolute Gasteiger partial charge is 0.480 e. The molecule has 0 atom stereocenters. The fraction of sp³-hybridized carbons (Fsp3) is 0.529. The standard InChI is InChI=1S/C17H24N2O5S/c1-12-7-8-13(25(23,24)19(2)3)11-14(12)15(20)18-17(16(21)22)9-5-4-6-10-17/h7-8,11H,4-6,9-10H2,1-3H3,(H,18,20)(H,21,22). The summed E-state index contributed by atoms with van der Waals surface area (Å²) in [5.41, 5.74) is -0.515. The first-order chi connectivity index (χ1) is 11.6. The second kappa shape index (κ2) is 7.13. The number of rotatable bonds is 5. The van der Waals surface area contributed by atoms with Crippen LogP contribution in [0.4, 0.5) is 0 Å². The minimum Gasteiger partial charge on any atom is -0.480 e. The monoisotopic (exact) mass is 368 g/mol. The van der Waals surface area contributed by atoms with E-state index in [-0.39, 0.29) is 10.5 Å². The summed E-state index contributed by atoms with van der Waals surface area (Å²) in [6, 6.07) is 4.30. The highest BCUT2D eigenvalue weighted by Gasteiger charge is 2.41. The van der Waals surface area contributed by atoms with E-state index in [1.165, 1.54) is 26.2 Å². The smallest absolute Gasteiger partial charge is 0.329 e. The quantitative estimate of drug-likeness (QED) is 0.824. The molecule has 1 aromatic carbocycles. The van der Waals surface area contributed by atoms with E-state index >= 15 is 0 Å². The van der Waals surface area contributed by atoms with Crippen molar-refractivity contribution in [1.82, 2.24) is 9.62 Å². The predicted octanol–water partition coefficient (Wildman–Crippen LogP) is 1.76. The molecule has 8 heteroatoms. The highest BCUT2D eigenvalue weighted by Crippen LogP contribution is 2.29. The van der Waals surface area contributed by atoms with E-state index in [9.17, 15) is 23.1 Å². The number of amides is 1. The fourth-order valence-electron chi connectivity index (χ4n) is 3.05. The Morgan fingerprint density at radius 3 is 2.28 bits per heavy atom. The Morgan fingerprint density at radius 2 is 1.76 bits per heavy atom. The Labute approximate surface area is 148 Å². The van der Waals surface area contributed by atoms with Crippen molar-refractivity contribution >= 4 is 21.9 Å². The molecule has 0 bridgehead atoms. The van der Waals surface area contributed by atoms with Crippen LogP contribution in [0.2, 0.25) is 0 Å². The number of carbonyl (C=O) groups excluding carboxylic acids is 1. The molecule has 0 unspecified atom stereocenters. The van der Waals surface area contributed by atoms with E-state index in [2.05, 4.69) is 5.32 Å². The number of sulfonamides is 1. The number of aliphatic carboxylic acids is 1. The van der Waals surface area contributed by atoms with Crippen LogP contribution in [0.15, 0.2) is 23.1 Å². The first-order valence-corrected chi connectivity index (χ1v) is 9.63. The minimum atomic E-state index is -3.68. The normalized spacial score (nSPS) is 17.3. The van der Waals surface area contributed by atoms with Gasteiger partial charge in [-0.1, -0.05) is 25.3 Å². The van der Waals surface area contributed by atoms with Gasteiger partial charge in [0.15, 0.2) is 0 Å². The maximum absolute atomic E-state index is 12.7. The maximum atomic E-state index is 12.7. The van der Waals surface area contributed by atoms with Crippen molar-refractivity contribution in [2.75, 3.05) is 14.1 Å². The molecule has 1 aliphatic rings. The predicted molar refractivity (Wildman–Crippen MR) is 93.0 cm³/mol. The van der Waals surface area contributed by atoms with E-state index in [0.29, 0.717) is 18.4 Å². The topological polar surface area (TPSA) is 104 Å². The average Bonchev–Trinajstić information content (AvgIpc) is 2.55. The molecular formula is C17H24N2O5S. The Kier molecular flexibility index (Phi) is 5.53. The van der Waals surface area contributed by atoms with Crippen molar-refractivity contribution in [3.8, 4) is 0 Å². The number of carbonyl (C=O) groups is 2. The average molecular weight is 368 g/mol. The van der Waals surface area contributed by atoms with Crippen LogP contribution >= 0.6 is 0 Å². The SMILES string of the molecule is Cc1ccc(S(=O)(=O)N(C)C)cc1C(=O)NC1(C(=O)O)CCCCC1. The second-order valence-corrected chi connectivity index (χ2v) is 8.82. The third-order valence-corrected chi connectivity index (χ3v) is 6.51. The third kappa shape index (κ3) is 3.85. The molecule has 1 amide bonds. The van der Waals surface area contributed by atoms with E-state index in [0.717, 1.165) is 23.6 Å². The molecule has 138 valence electrons. The number of hydrogen-bond donors (Lipinski definition) is 2. The number of hydrogen-bond acceptors (Lipinski definition) is 4. The molecule has 0 spiro atoms. The first kappa shape index (κ1) is 19.4. The molecule has 1 saturated carbocycles.